The quantitative estimate of drug-likeness (QED) is 0.439. The average molecular weight is 509 g/mol. The van der Waals surface area contributed by atoms with Gasteiger partial charge in [0.25, 0.3) is 5.91 Å². The minimum atomic E-state index is -0.595. The van der Waals surface area contributed by atoms with Crippen molar-refractivity contribution in [1.82, 2.24) is 10.2 Å². The molecule has 1 N–H and O–H groups in total. The number of nitrogens with one attached hydrogen (secondary N) is 1. The molecule has 2 amide bonds. The average Bonchev–Trinajstić information content (AvgIpc) is 3.35. The Hall–Kier alpha value is -2.86. The molecule has 0 radical (unpaired) electrons. The van der Waals surface area contributed by atoms with Crippen LogP contribution in [0.3, 0.4) is 0 Å². The number of rotatable bonds is 8. The largest absolute Gasteiger partial charge is 0.483 e. The van der Waals surface area contributed by atoms with Gasteiger partial charge in [-0.15, -0.1) is 0 Å². The molecule has 1 atom stereocenters. The third-order valence-corrected chi connectivity index (χ3v) is 7.06. The number of hydrogen-bond donors (Lipinski definition) is 1. The Labute approximate surface area is 203 Å². The van der Waals surface area contributed by atoms with Crippen molar-refractivity contribution in [2.75, 3.05) is 6.61 Å². The Bertz CT molecular complexity index is 1110. The van der Waals surface area contributed by atoms with Crippen molar-refractivity contribution in [3.05, 3.63) is 76.8 Å². The zero-order valence-corrected chi connectivity index (χ0v) is 20.4. The minimum absolute atomic E-state index is 0.113. The fourth-order valence-electron chi connectivity index (χ4n) is 4.30. The molecule has 3 aromatic carbocycles. The van der Waals surface area contributed by atoms with Gasteiger partial charge in [0, 0.05) is 12.6 Å². The summed E-state index contributed by atoms with van der Waals surface area (Å²) in [4.78, 5) is 27.8. The lowest BCUT2D eigenvalue weighted by Gasteiger charge is -2.29. The first kappa shape index (κ1) is 23.3. The Kier molecular flexibility index (Phi) is 7.65. The number of amides is 2. The minimum Gasteiger partial charge on any atom is -0.483 e. The number of fused-ring (bicyclic) bond motifs is 1. The lowest BCUT2D eigenvalue weighted by molar-refractivity contribution is -0.142. The van der Waals surface area contributed by atoms with Gasteiger partial charge in [0.2, 0.25) is 5.91 Å². The van der Waals surface area contributed by atoms with Gasteiger partial charge in [-0.05, 0) is 58.1 Å². The standard InChI is InChI=1S/C27H29BrN2O3/c1-19(27(32)29-22-12-6-7-13-22)30(17-20-9-3-2-4-10-20)25(31)18-33-24-16-15-21-11-5-8-14-23(21)26(24)28/h2-5,8-11,14-16,19,22H,6-7,12-13,17-18H2,1H3,(H,29,32). The number of carbonyl (C=O) groups is 2. The zero-order chi connectivity index (χ0) is 23.2. The fraction of sp³-hybridized carbons (Fsp3) is 0.333. The zero-order valence-electron chi connectivity index (χ0n) is 18.8. The molecule has 1 aliphatic rings. The third-order valence-electron chi connectivity index (χ3n) is 6.24. The van der Waals surface area contributed by atoms with Crippen LogP contribution in [0.25, 0.3) is 10.8 Å². The lowest BCUT2D eigenvalue weighted by Crippen LogP contribution is -2.50. The van der Waals surface area contributed by atoms with Crippen molar-refractivity contribution >= 4 is 38.5 Å². The van der Waals surface area contributed by atoms with E-state index in [1.54, 1.807) is 11.8 Å². The van der Waals surface area contributed by atoms with Gasteiger partial charge >= 0.3 is 0 Å². The van der Waals surface area contributed by atoms with E-state index in [2.05, 4.69) is 21.2 Å². The van der Waals surface area contributed by atoms with Crippen molar-refractivity contribution in [2.24, 2.45) is 0 Å². The topological polar surface area (TPSA) is 58.6 Å². The summed E-state index contributed by atoms with van der Waals surface area (Å²) in [5.74, 6) is 0.260. The SMILES string of the molecule is CC(C(=O)NC1CCCC1)N(Cc1ccccc1)C(=O)COc1ccc2ccccc2c1Br. The summed E-state index contributed by atoms with van der Waals surface area (Å²) in [6, 6.07) is 21.2. The van der Waals surface area contributed by atoms with Crippen LogP contribution in [0.15, 0.2) is 71.2 Å². The number of hydrogen-bond acceptors (Lipinski definition) is 3. The van der Waals surface area contributed by atoms with E-state index < -0.39 is 6.04 Å². The highest BCUT2D eigenvalue weighted by Gasteiger charge is 2.28. The van der Waals surface area contributed by atoms with Gasteiger partial charge in [-0.1, -0.05) is 73.5 Å². The number of nitrogens with zero attached hydrogens (tertiary/aromatic N) is 1. The van der Waals surface area contributed by atoms with Crippen LogP contribution in [-0.2, 0) is 16.1 Å². The highest BCUT2D eigenvalue weighted by molar-refractivity contribution is 9.10. The van der Waals surface area contributed by atoms with E-state index in [0.29, 0.717) is 12.3 Å². The second-order valence-electron chi connectivity index (χ2n) is 8.56. The molecule has 1 saturated carbocycles. The van der Waals surface area contributed by atoms with E-state index in [-0.39, 0.29) is 24.5 Å². The van der Waals surface area contributed by atoms with Gasteiger partial charge in [-0.25, -0.2) is 0 Å². The van der Waals surface area contributed by atoms with Crippen LogP contribution < -0.4 is 10.1 Å². The molecule has 1 aliphatic carbocycles. The van der Waals surface area contributed by atoms with Crippen LogP contribution in [-0.4, -0.2) is 35.4 Å². The van der Waals surface area contributed by atoms with Gasteiger partial charge in [0.1, 0.15) is 11.8 Å². The molecule has 0 aliphatic heterocycles. The Morgan fingerprint density at radius 2 is 1.73 bits per heavy atom. The molecule has 6 heteroatoms. The summed E-state index contributed by atoms with van der Waals surface area (Å²) in [7, 11) is 0. The lowest BCUT2D eigenvalue weighted by atomic mass is 10.1. The van der Waals surface area contributed by atoms with Crippen molar-refractivity contribution in [2.45, 2.75) is 51.2 Å². The van der Waals surface area contributed by atoms with Gasteiger partial charge < -0.3 is 15.0 Å². The maximum Gasteiger partial charge on any atom is 0.261 e. The molecule has 1 unspecified atom stereocenters. The molecular formula is C27H29BrN2O3. The summed E-state index contributed by atoms with van der Waals surface area (Å²) >= 11 is 3.61. The number of carbonyl (C=O) groups excluding carboxylic acids is 2. The first-order valence-electron chi connectivity index (χ1n) is 11.5. The van der Waals surface area contributed by atoms with Crippen LogP contribution in [0.5, 0.6) is 5.75 Å². The number of benzene rings is 3. The van der Waals surface area contributed by atoms with Crippen LogP contribution in [0, 0.1) is 0 Å². The Balaban J connectivity index is 1.48. The monoisotopic (exact) mass is 508 g/mol. The molecule has 0 spiro atoms. The molecule has 0 bridgehead atoms. The molecule has 0 saturated heterocycles. The summed E-state index contributed by atoms with van der Waals surface area (Å²) < 4.78 is 6.73. The third kappa shape index (κ3) is 5.74. The van der Waals surface area contributed by atoms with Crippen LogP contribution in [0.2, 0.25) is 0 Å². The summed E-state index contributed by atoms with van der Waals surface area (Å²) in [5.41, 5.74) is 0.971. The van der Waals surface area contributed by atoms with E-state index in [1.807, 2.05) is 66.7 Å². The van der Waals surface area contributed by atoms with E-state index in [4.69, 9.17) is 4.74 Å². The predicted molar refractivity (Wildman–Crippen MR) is 134 cm³/mol. The maximum atomic E-state index is 13.3. The number of halogens is 1. The highest BCUT2D eigenvalue weighted by atomic mass is 79.9. The van der Waals surface area contributed by atoms with Gasteiger partial charge in [0.15, 0.2) is 6.61 Å². The van der Waals surface area contributed by atoms with Crippen molar-refractivity contribution in [1.29, 1.82) is 0 Å². The smallest absolute Gasteiger partial charge is 0.261 e. The molecule has 4 rings (SSSR count). The predicted octanol–water partition coefficient (Wildman–Crippen LogP) is 5.46. The van der Waals surface area contributed by atoms with Gasteiger partial charge in [-0.2, -0.15) is 0 Å². The van der Waals surface area contributed by atoms with E-state index in [9.17, 15) is 9.59 Å². The van der Waals surface area contributed by atoms with Crippen molar-refractivity contribution < 1.29 is 14.3 Å². The first-order valence-corrected chi connectivity index (χ1v) is 12.3. The van der Waals surface area contributed by atoms with Crippen LogP contribution in [0.1, 0.15) is 38.2 Å². The van der Waals surface area contributed by atoms with Crippen LogP contribution in [0.4, 0.5) is 0 Å². The van der Waals surface area contributed by atoms with Crippen molar-refractivity contribution in [3.63, 3.8) is 0 Å². The van der Waals surface area contributed by atoms with Crippen molar-refractivity contribution in [3.8, 4) is 5.75 Å². The molecule has 3 aromatic rings. The normalized spacial score (nSPS) is 14.7. The molecule has 172 valence electrons. The Morgan fingerprint density at radius 1 is 1.03 bits per heavy atom. The second-order valence-corrected chi connectivity index (χ2v) is 9.35. The van der Waals surface area contributed by atoms with Crippen LogP contribution >= 0.6 is 15.9 Å². The van der Waals surface area contributed by atoms with Gasteiger partial charge in [0.05, 0.1) is 4.47 Å². The molecule has 33 heavy (non-hydrogen) atoms. The molecule has 0 heterocycles. The first-order chi connectivity index (χ1) is 16.0. The molecule has 5 nitrogen and oxygen atoms in total. The van der Waals surface area contributed by atoms with E-state index in [1.165, 1.54) is 0 Å². The van der Waals surface area contributed by atoms with Gasteiger partial charge in [-0.3, -0.25) is 9.59 Å². The summed E-state index contributed by atoms with van der Waals surface area (Å²) in [6.45, 7) is 1.99. The van der Waals surface area contributed by atoms with E-state index in [0.717, 1.165) is 46.5 Å². The highest BCUT2D eigenvalue weighted by Crippen LogP contribution is 2.33. The fourth-order valence-corrected chi connectivity index (χ4v) is 4.91. The Morgan fingerprint density at radius 3 is 2.48 bits per heavy atom. The molecule has 1 fully saturated rings. The summed E-state index contributed by atoms with van der Waals surface area (Å²) in [6.07, 6.45) is 4.29. The van der Waals surface area contributed by atoms with E-state index >= 15 is 0 Å². The molecular weight excluding hydrogens is 480 g/mol. The molecule has 0 aromatic heterocycles. The number of ether oxygens (including phenoxy) is 1. The summed E-state index contributed by atoms with van der Waals surface area (Å²) in [5, 5.41) is 5.23. The maximum absolute atomic E-state index is 13.3. The second kappa shape index (κ2) is 10.8.